The van der Waals surface area contributed by atoms with Crippen LogP contribution in [0.4, 0.5) is 10.1 Å². The van der Waals surface area contributed by atoms with Crippen LogP contribution in [0, 0.1) is 12.7 Å². The summed E-state index contributed by atoms with van der Waals surface area (Å²) in [6.07, 6.45) is 1.39. The fourth-order valence-electron chi connectivity index (χ4n) is 1.36. The lowest BCUT2D eigenvalue weighted by Crippen LogP contribution is -2.13. The summed E-state index contributed by atoms with van der Waals surface area (Å²) in [5, 5.41) is 9.08. The minimum atomic E-state index is -0.577. The number of hydrogen-bond donors (Lipinski definition) is 2. The molecule has 0 unspecified atom stereocenters. The van der Waals surface area contributed by atoms with E-state index in [0.717, 1.165) is 6.07 Å². The molecule has 0 spiro atoms. The molecule has 0 atom stereocenters. The SMILES string of the molecule is Cc1[nH]ncc1C(=O)Nc1ccc(Cl)cc1F. The van der Waals surface area contributed by atoms with E-state index in [1.165, 1.54) is 18.3 Å². The zero-order chi connectivity index (χ0) is 12.4. The minimum absolute atomic E-state index is 0.0833. The van der Waals surface area contributed by atoms with Gasteiger partial charge in [0.25, 0.3) is 5.91 Å². The van der Waals surface area contributed by atoms with E-state index in [9.17, 15) is 9.18 Å². The van der Waals surface area contributed by atoms with Gasteiger partial charge in [0, 0.05) is 10.7 Å². The predicted octanol–water partition coefficient (Wildman–Crippen LogP) is 2.76. The van der Waals surface area contributed by atoms with Crippen LogP contribution in [0.25, 0.3) is 0 Å². The third-order valence-electron chi connectivity index (χ3n) is 2.25. The van der Waals surface area contributed by atoms with Crippen LogP contribution in [-0.4, -0.2) is 16.1 Å². The van der Waals surface area contributed by atoms with Crippen LogP contribution in [0.5, 0.6) is 0 Å². The van der Waals surface area contributed by atoms with Gasteiger partial charge < -0.3 is 5.32 Å². The maximum Gasteiger partial charge on any atom is 0.259 e. The third kappa shape index (κ3) is 2.45. The summed E-state index contributed by atoms with van der Waals surface area (Å²) >= 11 is 5.61. The Kier molecular flexibility index (Phi) is 3.10. The number of aromatic nitrogens is 2. The second-order valence-electron chi connectivity index (χ2n) is 3.49. The highest BCUT2D eigenvalue weighted by molar-refractivity contribution is 6.30. The van der Waals surface area contributed by atoms with Crippen LogP contribution < -0.4 is 5.32 Å². The number of aryl methyl sites for hydroxylation is 1. The molecule has 0 aliphatic heterocycles. The van der Waals surface area contributed by atoms with Gasteiger partial charge in [0.2, 0.25) is 0 Å². The Labute approximate surface area is 102 Å². The van der Waals surface area contributed by atoms with Gasteiger partial charge in [-0.1, -0.05) is 11.6 Å². The van der Waals surface area contributed by atoms with Crippen molar-refractivity contribution in [2.75, 3.05) is 5.32 Å². The first-order valence-corrected chi connectivity index (χ1v) is 5.22. The molecule has 1 heterocycles. The molecule has 88 valence electrons. The quantitative estimate of drug-likeness (QED) is 0.865. The first kappa shape index (κ1) is 11.6. The van der Waals surface area contributed by atoms with Crippen molar-refractivity contribution in [2.45, 2.75) is 6.92 Å². The van der Waals surface area contributed by atoms with Crippen molar-refractivity contribution < 1.29 is 9.18 Å². The summed E-state index contributed by atoms with van der Waals surface area (Å²) in [7, 11) is 0. The Hall–Kier alpha value is -1.88. The van der Waals surface area contributed by atoms with Gasteiger partial charge in [-0.3, -0.25) is 9.89 Å². The van der Waals surface area contributed by atoms with Gasteiger partial charge in [0.15, 0.2) is 0 Å². The molecule has 2 rings (SSSR count). The van der Waals surface area contributed by atoms with E-state index in [1.807, 2.05) is 0 Å². The zero-order valence-corrected chi connectivity index (χ0v) is 9.68. The van der Waals surface area contributed by atoms with Gasteiger partial charge in [-0.05, 0) is 25.1 Å². The van der Waals surface area contributed by atoms with Crippen molar-refractivity contribution in [3.05, 3.63) is 46.5 Å². The second kappa shape index (κ2) is 4.55. The Bertz CT molecular complexity index is 568. The van der Waals surface area contributed by atoms with Crippen molar-refractivity contribution in [2.24, 2.45) is 0 Å². The molecule has 0 radical (unpaired) electrons. The van der Waals surface area contributed by atoms with Gasteiger partial charge in [0.05, 0.1) is 17.4 Å². The number of H-pyrrole nitrogens is 1. The van der Waals surface area contributed by atoms with Crippen molar-refractivity contribution in [1.82, 2.24) is 10.2 Å². The zero-order valence-electron chi connectivity index (χ0n) is 8.92. The van der Waals surface area contributed by atoms with Crippen molar-refractivity contribution in [1.29, 1.82) is 0 Å². The molecule has 2 N–H and O–H groups in total. The molecular formula is C11H9ClFN3O. The number of rotatable bonds is 2. The molecule has 6 heteroatoms. The third-order valence-corrected chi connectivity index (χ3v) is 2.49. The molecule has 2 aromatic rings. The molecule has 0 aliphatic carbocycles. The van der Waals surface area contributed by atoms with E-state index in [4.69, 9.17) is 11.6 Å². The number of benzene rings is 1. The van der Waals surface area contributed by atoms with E-state index in [2.05, 4.69) is 15.5 Å². The topological polar surface area (TPSA) is 57.8 Å². The first-order chi connectivity index (χ1) is 8.08. The second-order valence-corrected chi connectivity index (χ2v) is 3.92. The van der Waals surface area contributed by atoms with Crippen LogP contribution in [0.15, 0.2) is 24.4 Å². The lowest BCUT2D eigenvalue weighted by Gasteiger charge is -2.05. The number of aromatic amines is 1. The predicted molar refractivity (Wildman–Crippen MR) is 62.7 cm³/mol. The number of carbonyl (C=O) groups is 1. The average Bonchev–Trinajstić information content (AvgIpc) is 2.68. The van der Waals surface area contributed by atoms with Crippen LogP contribution in [0.2, 0.25) is 5.02 Å². The summed E-state index contributed by atoms with van der Waals surface area (Å²) < 4.78 is 13.4. The highest BCUT2D eigenvalue weighted by atomic mass is 35.5. The highest BCUT2D eigenvalue weighted by Gasteiger charge is 2.13. The number of anilines is 1. The number of hydrogen-bond acceptors (Lipinski definition) is 2. The van der Waals surface area contributed by atoms with Crippen LogP contribution in [-0.2, 0) is 0 Å². The fraction of sp³-hybridized carbons (Fsp3) is 0.0909. The molecule has 0 saturated heterocycles. The maximum atomic E-state index is 13.4. The molecule has 1 amide bonds. The normalized spacial score (nSPS) is 10.3. The van der Waals surface area contributed by atoms with E-state index in [0.29, 0.717) is 11.3 Å². The number of halogens is 2. The molecule has 0 aliphatic rings. The van der Waals surface area contributed by atoms with E-state index in [1.54, 1.807) is 6.92 Å². The van der Waals surface area contributed by atoms with Crippen LogP contribution in [0.1, 0.15) is 16.1 Å². The smallest absolute Gasteiger partial charge is 0.259 e. The number of carbonyl (C=O) groups excluding carboxylic acids is 1. The minimum Gasteiger partial charge on any atom is -0.319 e. The largest absolute Gasteiger partial charge is 0.319 e. The van der Waals surface area contributed by atoms with Gasteiger partial charge in [-0.25, -0.2) is 4.39 Å². The van der Waals surface area contributed by atoms with Gasteiger partial charge in [0.1, 0.15) is 5.82 Å². The van der Waals surface area contributed by atoms with E-state index in [-0.39, 0.29) is 10.7 Å². The van der Waals surface area contributed by atoms with Crippen LogP contribution in [0.3, 0.4) is 0 Å². The fourth-order valence-corrected chi connectivity index (χ4v) is 1.52. The Morgan fingerprint density at radius 2 is 2.29 bits per heavy atom. The molecular weight excluding hydrogens is 245 g/mol. The number of nitrogens with one attached hydrogen (secondary N) is 2. The highest BCUT2D eigenvalue weighted by Crippen LogP contribution is 2.19. The monoisotopic (exact) mass is 253 g/mol. The summed E-state index contributed by atoms with van der Waals surface area (Å²) in [5.41, 5.74) is 1.08. The number of amides is 1. The Morgan fingerprint density at radius 1 is 1.53 bits per heavy atom. The van der Waals surface area contributed by atoms with Gasteiger partial charge in [-0.2, -0.15) is 5.10 Å². The maximum absolute atomic E-state index is 13.4. The summed E-state index contributed by atoms with van der Waals surface area (Å²) in [6.45, 7) is 1.71. The lowest BCUT2D eigenvalue weighted by molar-refractivity contribution is 0.102. The molecule has 4 nitrogen and oxygen atoms in total. The average molecular weight is 254 g/mol. The summed E-state index contributed by atoms with van der Waals surface area (Å²) in [5.74, 6) is -0.996. The van der Waals surface area contributed by atoms with Crippen molar-refractivity contribution in [3.8, 4) is 0 Å². The molecule has 0 bridgehead atoms. The summed E-state index contributed by atoms with van der Waals surface area (Å²) in [4.78, 5) is 11.8. The molecule has 0 fully saturated rings. The van der Waals surface area contributed by atoms with E-state index < -0.39 is 11.7 Å². The Balaban J connectivity index is 2.22. The molecule has 0 saturated carbocycles. The molecule has 1 aromatic carbocycles. The van der Waals surface area contributed by atoms with Crippen molar-refractivity contribution in [3.63, 3.8) is 0 Å². The summed E-state index contributed by atoms with van der Waals surface area (Å²) in [6, 6.07) is 4.05. The molecule has 17 heavy (non-hydrogen) atoms. The molecule has 1 aromatic heterocycles. The Morgan fingerprint density at radius 3 is 2.88 bits per heavy atom. The lowest BCUT2D eigenvalue weighted by atomic mass is 10.2. The van der Waals surface area contributed by atoms with Crippen LogP contribution >= 0.6 is 11.6 Å². The standard InChI is InChI=1S/C11H9ClFN3O/c1-6-8(5-14-16-6)11(17)15-10-3-2-7(12)4-9(10)13/h2-5H,1H3,(H,14,16)(H,15,17). The van der Waals surface area contributed by atoms with Gasteiger partial charge >= 0.3 is 0 Å². The van der Waals surface area contributed by atoms with Gasteiger partial charge in [-0.15, -0.1) is 0 Å². The van der Waals surface area contributed by atoms with E-state index >= 15 is 0 Å². The number of nitrogens with zero attached hydrogens (tertiary/aromatic N) is 1. The van der Waals surface area contributed by atoms with Crippen molar-refractivity contribution >= 4 is 23.2 Å². The first-order valence-electron chi connectivity index (χ1n) is 4.84.